The smallest absolute Gasteiger partial charge is 0.0658 e. The Morgan fingerprint density at radius 3 is 2.79 bits per heavy atom. The van der Waals surface area contributed by atoms with E-state index < -0.39 is 0 Å². The van der Waals surface area contributed by atoms with E-state index in [0.29, 0.717) is 17.8 Å². The first-order valence-corrected chi connectivity index (χ1v) is 8.32. The van der Waals surface area contributed by atoms with E-state index in [1.807, 2.05) is 0 Å². The number of allylic oxidation sites excluding steroid dienone is 2. The van der Waals surface area contributed by atoms with E-state index in [1.165, 1.54) is 44.9 Å². The highest BCUT2D eigenvalue weighted by Crippen LogP contribution is 2.42. The van der Waals surface area contributed by atoms with Crippen molar-refractivity contribution in [2.24, 2.45) is 29.6 Å². The van der Waals surface area contributed by atoms with Crippen molar-refractivity contribution in [3.8, 4) is 6.07 Å². The Balaban J connectivity index is 2.05. The molecule has 2 rings (SSSR count). The molecule has 0 N–H and O–H groups in total. The van der Waals surface area contributed by atoms with Crippen LogP contribution < -0.4 is 0 Å². The van der Waals surface area contributed by atoms with E-state index >= 15 is 0 Å². The Morgan fingerprint density at radius 2 is 2.05 bits per heavy atom. The van der Waals surface area contributed by atoms with Crippen LogP contribution in [0.5, 0.6) is 0 Å². The second kappa shape index (κ2) is 7.13. The molecule has 1 fully saturated rings. The minimum absolute atomic E-state index is 0.313. The largest absolute Gasteiger partial charge is 0.198 e. The van der Waals surface area contributed by atoms with Crippen LogP contribution in [0, 0.1) is 40.9 Å². The number of hydrogen-bond donors (Lipinski definition) is 0. The summed E-state index contributed by atoms with van der Waals surface area (Å²) in [4.78, 5) is 0. The van der Waals surface area contributed by atoms with E-state index in [0.717, 1.165) is 18.3 Å². The predicted molar refractivity (Wildman–Crippen MR) is 80.5 cm³/mol. The second-order valence-corrected chi connectivity index (χ2v) is 6.79. The van der Waals surface area contributed by atoms with E-state index in [2.05, 4.69) is 32.1 Å². The van der Waals surface area contributed by atoms with Gasteiger partial charge in [-0.15, -0.1) is 0 Å². The molecule has 0 aromatic heterocycles. The van der Waals surface area contributed by atoms with Gasteiger partial charge in [-0.25, -0.2) is 0 Å². The van der Waals surface area contributed by atoms with Crippen LogP contribution in [-0.4, -0.2) is 0 Å². The maximum atomic E-state index is 9.41. The molecule has 0 amide bonds. The minimum atomic E-state index is 0.313. The van der Waals surface area contributed by atoms with Gasteiger partial charge in [-0.3, -0.25) is 0 Å². The van der Waals surface area contributed by atoms with Gasteiger partial charge in [0.1, 0.15) is 0 Å². The zero-order chi connectivity index (χ0) is 13.7. The van der Waals surface area contributed by atoms with Gasteiger partial charge in [0.05, 0.1) is 6.07 Å². The summed E-state index contributed by atoms with van der Waals surface area (Å²) in [6.07, 6.45) is 15.2. The summed E-state index contributed by atoms with van der Waals surface area (Å²) in [5, 5.41) is 9.41. The zero-order valence-electron chi connectivity index (χ0n) is 12.6. The molecule has 0 aromatic carbocycles. The third-order valence-electron chi connectivity index (χ3n) is 5.37. The molecule has 19 heavy (non-hydrogen) atoms. The quantitative estimate of drug-likeness (QED) is 0.628. The van der Waals surface area contributed by atoms with Gasteiger partial charge in [0, 0.05) is 5.92 Å². The summed E-state index contributed by atoms with van der Waals surface area (Å²) < 4.78 is 0. The lowest BCUT2D eigenvalue weighted by atomic mass is 9.68. The summed E-state index contributed by atoms with van der Waals surface area (Å²) in [5.74, 6) is 3.24. The Hall–Kier alpha value is -0.770. The molecule has 2 aliphatic rings. The highest BCUT2D eigenvalue weighted by molar-refractivity contribution is 5.03. The zero-order valence-corrected chi connectivity index (χ0v) is 12.6. The summed E-state index contributed by atoms with van der Waals surface area (Å²) in [5.41, 5.74) is 0. The van der Waals surface area contributed by atoms with Gasteiger partial charge in [-0.05, 0) is 49.4 Å². The van der Waals surface area contributed by atoms with Crippen molar-refractivity contribution < 1.29 is 0 Å². The van der Waals surface area contributed by atoms with Crippen molar-refractivity contribution in [1.29, 1.82) is 5.26 Å². The Morgan fingerprint density at radius 1 is 1.26 bits per heavy atom. The third kappa shape index (κ3) is 3.62. The van der Waals surface area contributed by atoms with Gasteiger partial charge in [0.15, 0.2) is 0 Å². The van der Waals surface area contributed by atoms with Gasteiger partial charge in [-0.2, -0.15) is 5.26 Å². The van der Waals surface area contributed by atoms with Gasteiger partial charge < -0.3 is 0 Å². The number of hydrogen-bond acceptors (Lipinski definition) is 1. The van der Waals surface area contributed by atoms with Crippen molar-refractivity contribution in [2.45, 2.75) is 65.2 Å². The van der Waals surface area contributed by atoms with Crippen molar-refractivity contribution >= 4 is 0 Å². The standard InChI is InChI=1S/C18H29N/c1-3-7-15-8-6-11-17(14(2)12-15)18-10-5-4-9-16(18)13-19/h6,11,14-18H,3-5,7-10,12H2,1-2H3/t14-,15?,16?,17+,18-/m1/s1. The lowest BCUT2D eigenvalue weighted by Crippen LogP contribution is -2.29. The fraction of sp³-hybridized carbons (Fsp3) is 0.833. The van der Waals surface area contributed by atoms with Crippen LogP contribution >= 0.6 is 0 Å². The molecule has 0 radical (unpaired) electrons. The van der Waals surface area contributed by atoms with Crippen LogP contribution in [0.3, 0.4) is 0 Å². The number of nitrogens with zero attached hydrogens (tertiary/aromatic N) is 1. The molecule has 1 saturated carbocycles. The van der Waals surface area contributed by atoms with Crippen LogP contribution in [0.1, 0.15) is 65.2 Å². The first-order valence-electron chi connectivity index (χ1n) is 8.32. The average Bonchev–Trinajstić information content (AvgIpc) is 2.60. The van der Waals surface area contributed by atoms with Crippen LogP contribution in [0.2, 0.25) is 0 Å². The van der Waals surface area contributed by atoms with E-state index in [1.54, 1.807) is 0 Å². The summed E-state index contributed by atoms with van der Waals surface area (Å²) >= 11 is 0. The molecular weight excluding hydrogens is 230 g/mol. The van der Waals surface area contributed by atoms with Gasteiger partial charge in [0.25, 0.3) is 0 Å². The summed E-state index contributed by atoms with van der Waals surface area (Å²) in [6.45, 7) is 4.72. The van der Waals surface area contributed by atoms with Crippen LogP contribution in [0.15, 0.2) is 12.2 Å². The lowest BCUT2D eigenvalue weighted by Gasteiger charge is -2.35. The molecule has 0 aromatic rings. The van der Waals surface area contributed by atoms with Gasteiger partial charge >= 0.3 is 0 Å². The van der Waals surface area contributed by atoms with Crippen LogP contribution in [-0.2, 0) is 0 Å². The molecule has 0 saturated heterocycles. The molecule has 106 valence electrons. The minimum Gasteiger partial charge on any atom is -0.198 e. The monoisotopic (exact) mass is 259 g/mol. The predicted octanol–water partition coefficient (Wildman–Crippen LogP) is 5.33. The maximum Gasteiger partial charge on any atom is 0.0658 e. The first-order chi connectivity index (χ1) is 9.26. The SMILES string of the molecule is CCCC1CC=C[C@H]([C@@H]2CCCCC2C#N)[C@H](C)C1. The number of rotatable bonds is 3. The van der Waals surface area contributed by atoms with Crippen LogP contribution in [0.25, 0.3) is 0 Å². The molecule has 5 atom stereocenters. The Kier molecular flexibility index (Phi) is 5.49. The average molecular weight is 259 g/mol. The normalized spacial score (nSPS) is 39.5. The van der Waals surface area contributed by atoms with Gasteiger partial charge in [0.2, 0.25) is 0 Å². The molecule has 2 unspecified atom stereocenters. The first kappa shape index (κ1) is 14.6. The lowest BCUT2D eigenvalue weighted by molar-refractivity contribution is 0.172. The molecule has 2 aliphatic carbocycles. The van der Waals surface area contributed by atoms with Crippen LogP contribution in [0.4, 0.5) is 0 Å². The maximum absolute atomic E-state index is 9.41. The molecule has 0 aliphatic heterocycles. The fourth-order valence-corrected chi connectivity index (χ4v) is 4.39. The Bertz CT molecular complexity index is 338. The molecule has 1 nitrogen and oxygen atoms in total. The van der Waals surface area contributed by atoms with Crippen molar-refractivity contribution in [3.63, 3.8) is 0 Å². The van der Waals surface area contributed by atoms with E-state index in [4.69, 9.17) is 0 Å². The van der Waals surface area contributed by atoms with Gasteiger partial charge in [-0.1, -0.05) is 51.7 Å². The molecular formula is C18H29N. The molecule has 0 spiro atoms. The topological polar surface area (TPSA) is 23.8 Å². The van der Waals surface area contributed by atoms with E-state index in [9.17, 15) is 5.26 Å². The molecule has 0 bridgehead atoms. The molecule has 1 heteroatoms. The number of nitriles is 1. The highest BCUT2D eigenvalue weighted by atomic mass is 14.4. The third-order valence-corrected chi connectivity index (χ3v) is 5.37. The summed E-state index contributed by atoms with van der Waals surface area (Å²) in [7, 11) is 0. The fourth-order valence-electron chi connectivity index (χ4n) is 4.39. The van der Waals surface area contributed by atoms with Crippen molar-refractivity contribution in [1.82, 2.24) is 0 Å². The summed E-state index contributed by atoms with van der Waals surface area (Å²) in [6, 6.07) is 2.59. The molecule has 0 heterocycles. The van der Waals surface area contributed by atoms with Crippen molar-refractivity contribution in [3.05, 3.63) is 12.2 Å². The highest BCUT2D eigenvalue weighted by Gasteiger charge is 2.34. The Labute approximate surface area is 119 Å². The van der Waals surface area contributed by atoms with Crippen molar-refractivity contribution in [2.75, 3.05) is 0 Å². The van der Waals surface area contributed by atoms with E-state index in [-0.39, 0.29) is 0 Å². The second-order valence-electron chi connectivity index (χ2n) is 6.79.